The minimum Gasteiger partial charge on any atom is -0.481 e. The van der Waals surface area contributed by atoms with Gasteiger partial charge in [0.15, 0.2) is 11.9 Å². The average Bonchev–Trinajstić information content (AvgIpc) is 3.08. The van der Waals surface area contributed by atoms with Crippen LogP contribution in [0.4, 0.5) is 11.5 Å². The number of aryl methyl sites for hydroxylation is 2. The third-order valence-electron chi connectivity index (χ3n) is 4.00. The van der Waals surface area contributed by atoms with Crippen molar-refractivity contribution in [1.29, 1.82) is 0 Å². The summed E-state index contributed by atoms with van der Waals surface area (Å²) < 4.78 is 37.5. The van der Waals surface area contributed by atoms with Gasteiger partial charge < -0.3 is 14.6 Å². The molecule has 0 spiro atoms. The first-order valence-electron chi connectivity index (χ1n) is 8.83. The Morgan fingerprint density at radius 3 is 2.31 bits per heavy atom. The first-order chi connectivity index (χ1) is 13.7. The molecule has 1 heterocycles. The normalized spacial score (nSPS) is 12.2. The number of carbonyl (C=O) groups is 1. The average molecular weight is 415 g/mol. The van der Waals surface area contributed by atoms with Crippen LogP contribution in [0.2, 0.25) is 0 Å². The lowest BCUT2D eigenvalue weighted by molar-refractivity contribution is -0.122. The van der Waals surface area contributed by atoms with E-state index < -0.39 is 16.1 Å². The molecule has 2 aromatic carbocycles. The van der Waals surface area contributed by atoms with Crippen molar-refractivity contribution in [3.8, 4) is 5.75 Å². The number of amides is 1. The highest BCUT2D eigenvalue weighted by Crippen LogP contribution is 2.19. The van der Waals surface area contributed by atoms with Gasteiger partial charge >= 0.3 is 0 Å². The van der Waals surface area contributed by atoms with Crippen molar-refractivity contribution >= 4 is 27.4 Å². The van der Waals surface area contributed by atoms with Crippen LogP contribution in [-0.2, 0) is 14.8 Å². The van der Waals surface area contributed by atoms with Crippen molar-refractivity contribution in [2.45, 2.75) is 31.8 Å². The molecule has 3 aromatic rings. The molecular weight excluding hydrogens is 394 g/mol. The van der Waals surface area contributed by atoms with Gasteiger partial charge in [0, 0.05) is 11.8 Å². The Bertz CT molecular complexity index is 1090. The number of hydrogen-bond acceptors (Lipinski definition) is 6. The van der Waals surface area contributed by atoms with E-state index in [0.717, 1.165) is 5.56 Å². The minimum atomic E-state index is -3.82. The van der Waals surface area contributed by atoms with Crippen LogP contribution in [0.3, 0.4) is 0 Å². The van der Waals surface area contributed by atoms with Crippen LogP contribution in [-0.4, -0.2) is 25.6 Å². The Kier molecular flexibility index (Phi) is 5.88. The molecule has 152 valence electrons. The molecule has 0 aliphatic carbocycles. The molecule has 29 heavy (non-hydrogen) atoms. The SMILES string of the molecule is Cc1ccc(O[C@@H](C)C(=O)Nc2ccc(S(=O)(=O)Nc3cc(C)on3)cc2)cc1. The monoisotopic (exact) mass is 415 g/mol. The molecule has 8 nitrogen and oxygen atoms in total. The standard InChI is InChI=1S/C20H21N3O5S/c1-13-4-8-17(9-5-13)27-15(3)20(24)21-16-6-10-18(11-7-16)29(25,26)23-19-12-14(2)28-22-19/h4-12,15H,1-3H3,(H,21,24)(H,22,23)/t15-/m0/s1. The molecule has 1 aromatic heterocycles. The van der Waals surface area contributed by atoms with Gasteiger partial charge in [0.25, 0.3) is 15.9 Å². The minimum absolute atomic E-state index is 0.0279. The van der Waals surface area contributed by atoms with Gasteiger partial charge in [-0.2, -0.15) is 0 Å². The predicted octanol–water partition coefficient (Wildman–Crippen LogP) is 3.50. The Hall–Kier alpha value is -3.33. The number of rotatable bonds is 7. The van der Waals surface area contributed by atoms with E-state index in [4.69, 9.17) is 9.26 Å². The van der Waals surface area contributed by atoms with Crippen molar-refractivity contribution in [1.82, 2.24) is 5.16 Å². The number of aromatic nitrogens is 1. The predicted molar refractivity (Wildman–Crippen MR) is 108 cm³/mol. The summed E-state index contributed by atoms with van der Waals surface area (Å²) in [7, 11) is -3.82. The molecule has 1 atom stereocenters. The van der Waals surface area contributed by atoms with Gasteiger partial charge in [-0.15, -0.1) is 0 Å². The number of nitrogens with zero attached hydrogens (tertiary/aromatic N) is 1. The van der Waals surface area contributed by atoms with E-state index >= 15 is 0 Å². The topological polar surface area (TPSA) is 111 Å². The molecule has 0 fully saturated rings. The maximum Gasteiger partial charge on any atom is 0.265 e. The molecule has 0 saturated carbocycles. The molecule has 0 radical (unpaired) electrons. The van der Waals surface area contributed by atoms with Gasteiger partial charge in [0.05, 0.1) is 4.90 Å². The van der Waals surface area contributed by atoms with Crippen LogP contribution >= 0.6 is 0 Å². The van der Waals surface area contributed by atoms with E-state index in [-0.39, 0.29) is 16.6 Å². The molecule has 0 aliphatic rings. The first-order valence-corrected chi connectivity index (χ1v) is 10.3. The van der Waals surface area contributed by atoms with Crippen LogP contribution in [0.1, 0.15) is 18.2 Å². The summed E-state index contributed by atoms with van der Waals surface area (Å²) >= 11 is 0. The summed E-state index contributed by atoms with van der Waals surface area (Å²) in [6.07, 6.45) is -0.724. The highest BCUT2D eigenvalue weighted by molar-refractivity contribution is 7.92. The summed E-state index contributed by atoms with van der Waals surface area (Å²) in [5.74, 6) is 0.830. The first kappa shape index (κ1) is 20.4. The number of hydrogen-bond donors (Lipinski definition) is 2. The molecule has 0 aliphatic heterocycles. The summed E-state index contributed by atoms with van der Waals surface area (Å²) in [4.78, 5) is 12.4. The van der Waals surface area contributed by atoms with Crippen molar-refractivity contribution < 1.29 is 22.5 Å². The lowest BCUT2D eigenvalue weighted by Crippen LogP contribution is -2.30. The lowest BCUT2D eigenvalue weighted by Gasteiger charge is -2.15. The summed E-state index contributed by atoms with van der Waals surface area (Å²) in [5.41, 5.74) is 1.54. The number of ether oxygens (including phenoxy) is 1. The summed E-state index contributed by atoms with van der Waals surface area (Å²) in [5, 5.41) is 6.30. The van der Waals surface area contributed by atoms with Gasteiger partial charge in [0.2, 0.25) is 0 Å². The van der Waals surface area contributed by atoms with Crippen LogP contribution in [0.25, 0.3) is 0 Å². The number of nitrogens with one attached hydrogen (secondary N) is 2. The maximum absolute atomic E-state index is 12.4. The van der Waals surface area contributed by atoms with Crippen molar-refractivity contribution in [2.24, 2.45) is 0 Å². The van der Waals surface area contributed by atoms with E-state index in [1.54, 1.807) is 26.0 Å². The molecule has 0 unspecified atom stereocenters. The van der Waals surface area contributed by atoms with Gasteiger partial charge in [-0.3, -0.25) is 9.52 Å². The van der Waals surface area contributed by atoms with Gasteiger partial charge in [-0.05, 0) is 57.2 Å². The van der Waals surface area contributed by atoms with E-state index in [2.05, 4.69) is 15.2 Å². The molecule has 2 N–H and O–H groups in total. The highest BCUT2D eigenvalue weighted by Gasteiger charge is 2.18. The van der Waals surface area contributed by atoms with Crippen LogP contribution in [0.5, 0.6) is 5.75 Å². The highest BCUT2D eigenvalue weighted by atomic mass is 32.2. The van der Waals surface area contributed by atoms with Gasteiger partial charge in [-0.1, -0.05) is 22.9 Å². The number of carbonyl (C=O) groups excluding carboxylic acids is 1. The molecule has 0 bridgehead atoms. The van der Waals surface area contributed by atoms with Gasteiger partial charge in [-0.25, -0.2) is 8.42 Å². The maximum atomic E-state index is 12.4. The zero-order chi connectivity index (χ0) is 21.0. The van der Waals surface area contributed by atoms with Crippen molar-refractivity contribution in [3.63, 3.8) is 0 Å². The third-order valence-corrected chi connectivity index (χ3v) is 5.37. The van der Waals surface area contributed by atoms with Crippen LogP contribution < -0.4 is 14.8 Å². The number of benzene rings is 2. The van der Waals surface area contributed by atoms with Gasteiger partial charge in [0.1, 0.15) is 11.5 Å². The summed E-state index contributed by atoms with van der Waals surface area (Å²) in [6.45, 7) is 5.26. The second kappa shape index (κ2) is 8.36. The fourth-order valence-corrected chi connectivity index (χ4v) is 3.43. The van der Waals surface area contributed by atoms with Crippen LogP contribution in [0.15, 0.2) is 64.0 Å². The smallest absolute Gasteiger partial charge is 0.265 e. The second-order valence-corrected chi connectivity index (χ2v) is 8.20. The van der Waals surface area contributed by atoms with E-state index in [1.807, 2.05) is 19.1 Å². The molecule has 3 rings (SSSR count). The largest absolute Gasteiger partial charge is 0.481 e. The molecule has 1 amide bonds. The Morgan fingerprint density at radius 1 is 1.07 bits per heavy atom. The zero-order valence-electron chi connectivity index (χ0n) is 16.2. The second-order valence-electron chi connectivity index (χ2n) is 6.52. The summed E-state index contributed by atoms with van der Waals surface area (Å²) in [6, 6.07) is 14.6. The molecule has 0 saturated heterocycles. The third kappa shape index (κ3) is 5.35. The number of anilines is 2. The van der Waals surface area contributed by atoms with Crippen LogP contribution in [0, 0.1) is 13.8 Å². The Labute approximate surface area is 168 Å². The molecular formula is C20H21N3O5S. The fraction of sp³-hybridized carbons (Fsp3) is 0.200. The Balaban J connectivity index is 1.62. The number of sulfonamides is 1. The quantitative estimate of drug-likeness (QED) is 0.611. The van der Waals surface area contributed by atoms with E-state index in [0.29, 0.717) is 17.2 Å². The fourth-order valence-electron chi connectivity index (χ4n) is 2.45. The van der Waals surface area contributed by atoms with Crippen molar-refractivity contribution in [2.75, 3.05) is 10.0 Å². The van der Waals surface area contributed by atoms with E-state index in [9.17, 15) is 13.2 Å². The lowest BCUT2D eigenvalue weighted by atomic mass is 10.2. The molecule has 9 heteroatoms. The van der Waals surface area contributed by atoms with E-state index in [1.165, 1.54) is 30.3 Å². The Morgan fingerprint density at radius 2 is 1.72 bits per heavy atom. The van der Waals surface area contributed by atoms with Crippen molar-refractivity contribution in [3.05, 3.63) is 65.9 Å². The zero-order valence-corrected chi connectivity index (χ0v) is 17.0.